The topological polar surface area (TPSA) is 20.2 Å². The van der Waals surface area contributed by atoms with Crippen LogP contribution in [0.5, 0.6) is 0 Å². The minimum absolute atomic E-state index is 0.0368. The normalized spacial score (nSPS) is 43.0. The van der Waals surface area contributed by atoms with Crippen LogP contribution in [0.2, 0.25) is 0 Å². The fourth-order valence-electron chi connectivity index (χ4n) is 2.52. The lowest BCUT2D eigenvalue weighted by atomic mass is 9.72. The summed E-state index contributed by atoms with van der Waals surface area (Å²) in [5.41, 5.74) is 0. The van der Waals surface area contributed by atoms with Gasteiger partial charge in [-0.3, -0.25) is 0 Å². The number of hydrogen-bond acceptors (Lipinski definition) is 1. The third-order valence-electron chi connectivity index (χ3n) is 3.36. The zero-order valence-corrected chi connectivity index (χ0v) is 8.59. The summed E-state index contributed by atoms with van der Waals surface area (Å²) in [5, 5.41) is 9.75. The van der Waals surface area contributed by atoms with Crippen LogP contribution in [0.25, 0.3) is 0 Å². The Bertz CT molecular complexity index is 133. The van der Waals surface area contributed by atoms with Crippen LogP contribution in [-0.4, -0.2) is 11.2 Å². The van der Waals surface area contributed by atoms with Crippen LogP contribution in [0.4, 0.5) is 0 Å². The molecule has 72 valence electrons. The Kier molecular flexibility index (Phi) is 3.57. The van der Waals surface area contributed by atoms with Crippen LogP contribution >= 0.6 is 0 Å². The lowest BCUT2D eigenvalue weighted by Crippen LogP contribution is -2.33. The maximum Gasteiger partial charge on any atom is 0.0570 e. The Morgan fingerprint density at radius 2 is 1.92 bits per heavy atom. The maximum absolute atomic E-state index is 9.75. The van der Waals surface area contributed by atoms with Gasteiger partial charge in [-0.1, -0.05) is 33.6 Å². The molecule has 0 aromatic heterocycles. The van der Waals surface area contributed by atoms with E-state index in [1.165, 1.54) is 19.3 Å². The Morgan fingerprint density at radius 3 is 2.50 bits per heavy atom. The molecular formula is C11H22O. The second-order valence-corrected chi connectivity index (χ2v) is 4.55. The minimum Gasteiger partial charge on any atom is -0.393 e. The molecule has 0 heterocycles. The Morgan fingerprint density at radius 1 is 1.25 bits per heavy atom. The molecule has 1 heteroatoms. The highest BCUT2D eigenvalue weighted by atomic mass is 16.3. The fourth-order valence-corrected chi connectivity index (χ4v) is 2.52. The van der Waals surface area contributed by atoms with Crippen molar-refractivity contribution in [1.29, 1.82) is 0 Å². The predicted molar refractivity (Wildman–Crippen MR) is 52.0 cm³/mol. The molecular weight excluding hydrogens is 148 g/mol. The van der Waals surface area contributed by atoms with Gasteiger partial charge in [0.2, 0.25) is 0 Å². The molecule has 1 aliphatic rings. The smallest absolute Gasteiger partial charge is 0.0570 e. The summed E-state index contributed by atoms with van der Waals surface area (Å²) in [7, 11) is 0. The van der Waals surface area contributed by atoms with Crippen molar-refractivity contribution in [1.82, 2.24) is 0 Å². The van der Waals surface area contributed by atoms with E-state index in [2.05, 4.69) is 20.8 Å². The van der Waals surface area contributed by atoms with Crippen LogP contribution in [0.15, 0.2) is 0 Å². The SMILES string of the molecule is CCCC1CC(C)CC(O)C1C. The fraction of sp³-hybridized carbons (Fsp3) is 1.00. The van der Waals surface area contributed by atoms with Gasteiger partial charge < -0.3 is 5.11 Å². The van der Waals surface area contributed by atoms with Gasteiger partial charge >= 0.3 is 0 Å². The lowest BCUT2D eigenvalue weighted by molar-refractivity contribution is 0.0168. The molecule has 1 nitrogen and oxygen atoms in total. The first-order chi connectivity index (χ1) is 5.65. The molecule has 0 radical (unpaired) electrons. The molecule has 4 unspecified atom stereocenters. The highest BCUT2D eigenvalue weighted by Crippen LogP contribution is 2.36. The van der Waals surface area contributed by atoms with Crippen molar-refractivity contribution >= 4 is 0 Å². The van der Waals surface area contributed by atoms with E-state index in [4.69, 9.17) is 0 Å². The molecule has 1 rings (SSSR count). The maximum atomic E-state index is 9.75. The van der Waals surface area contributed by atoms with E-state index in [1.807, 2.05) is 0 Å². The summed E-state index contributed by atoms with van der Waals surface area (Å²) >= 11 is 0. The summed E-state index contributed by atoms with van der Waals surface area (Å²) < 4.78 is 0. The van der Waals surface area contributed by atoms with Gasteiger partial charge in [0.25, 0.3) is 0 Å². The second kappa shape index (κ2) is 4.27. The van der Waals surface area contributed by atoms with Gasteiger partial charge in [-0.05, 0) is 30.6 Å². The van der Waals surface area contributed by atoms with Gasteiger partial charge in [0.1, 0.15) is 0 Å². The Hall–Kier alpha value is -0.0400. The van der Waals surface area contributed by atoms with Crippen molar-refractivity contribution in [2.75, 3.05) is 0 Å². The molecule has 12 heavy (non-hydrogen) atoms. The summed E-state index contributed by atoms with van der Waals surface area (Å²) in [6.07, 6.45) is 4.86. The highest BCUT2D eigenvalue weighted by molar-refractivity contribution is 4.81. The number of aliphatic hydroxyl groups excluding tert-OH is 1. The predicted octanol–water partition coefficient (Wildman–Crippen LogP) is 2.83. The van der Waals surface area contributed by atoms with Crippen molar-refractivity contribution in [3.63, 3.8) is 0 Å². The minimum atomic E-state index is -0.0368. The zero-order chi connectivity index (χ0) is 9.14. The molecule has 1 N–H and O–H groups in total. The molecule has 0 aromatic carbocycles. The molecule has 4 atom stereocenters. The molecule has 0 spiro atoms. The van der Waals surface area contributed by atoms with Crippen molar-refractivity contribution in [2.45, 2.75) is 52.6 Å². The molecule has 0 bridgehead atoms. The summed E-state index contributed by atoms with van der Waals surface area (Å²) in [6, 6.07) is 0. The molecule has 0 saturated heterocycles. The second-order valence-electron chi connectivity index (χ2n) is 4.55. The van der Waals surface area contributed by atoms with Gasteiger partial charge in [-0.25, -0.2) is 0 Å². The van der Waals surface area contributed by atoms with Gasteiger partial charge in [0.05, 0.1) is 6.10 Å². The first-order valence-corrected chi connectivity index (χ1v) is 5.33. The average molecular weight is 170 g/mol. The quantitative estimate of drug-likeness (QED) is 0.675. The summed E-state index contributed by atoms with van der Waals surface area (Å²) in [5.74, 6) is 2.03. The number of hydrogen-bond donors (Lipinski definition) is 1. The zero-order valence-electron chi connectivity index (χ0n) is 8.59. The number of aliphatic hydroxyl groups is 1. The van der Waals surface area contributed by atoms with E-state index in [0.29, 0.717) is 5.92 Å². The monoisotopic (exact) mass is 170 g/mol. The standard InChI is InChI=1S/C11H22O/c1-4-5-10-6-8(2)7-11(12)9(10)3/h8-12H,4-7H2,1-3H3. The molecule has 0 aliphatic heterocycles. The van der Waals surface area contributed by atoms with Crippen molar-refractivity contribution in [2.24, 2.45) is 17.8 Å². The Labute approximate surface area is 76.2 Å². The van der Waals surface area contributed by atoms with Crippen molar-refractivity contribution < 1.29 is 5.11 Å². The average Bonchev–Trinajstić information content (AvgIpc) is 2.00. The first kappa shape index (κ1) is 10.0. The van der Waals surface area contributed by atoms with Crippen molar-refractivity contribution in [3.05, 3.63) is 0 Å². The molecule has 1 aliphatic carbocycles. The van der Waals surface area contributed by atoms with Gasteiger partial charge in [-0.2, -0.15) is 0 Å². The number of rotatable bonds is 2. The van der Waals surface area contributed by atoms with Crippen LogP contribution in [0, 0.1) is 17.8 Å². The van der Waals surface area contributed by atoms with Crippen LogP contribution in [0.3, 0.4) is 0 Å². The van der Waals surface area contributed by atoms with E-state index in [9.17, 15) is 5.11 Å². The van der Waals surface area contributed by atoms with Gasteiger partial charge in [-0.15, -0.1) is 0 Å². The van der Waals surface area contributed by atoms with E-state index in [1.54, 1.807) is 0 Å². The van der Waals surface area contributed by atoms with E-state index in [0.717, 1.165) is 18.3 Å². The third-order valence-corrected chi connectivity index (χ3v) is 3.36. The Balaban J connectivity index is 2.47. The van der Waals surface area contributed by atoms with Gasteiger partial charge in [0.15, 0.2) is 0 Å². The van der Waals surface area contributed by atoms with E-state index < -0.39 is 0 Å². The molecule has 0 aromatic rings. The van der Waals surface area contributed by atoms with Crippen LogP contribution in [-0.2, 0) is 0 Å². The molecule has 0 amide bonds. The molecule has 1 saturated carbocycles. The summed E-state index contributed by atoms with van der Waals surface area (Å²) in [4.78, 5) is 0. The van der Waals surface area contributed by atoms with E-state index >= 15 is 0 Å². The first-order valence-electron chi connectivity index (χ1n) is 5.33. The summed E-state index contributed by atoms with van der Waals surface area (Å²) in [6.45, 7) is 6.70. The van der Waals surface area contributed by atoms with Crippen LogP contribution in [0.1, 0.15) is 46.5 Å². The highest BCUT2D eigenvalue weighted by Gasteiger charge is 2.31. The molecule has 1 fully saturated rings. The van der Waals surface area contributed by atoms with Crippen molar-refractivity contribution in [3.8, 4) is 0 Å². The lowest BCUT2D eigenvalue weighted by Gasteiger charge is -2.36. The van der Waals surface area contributed by atoms with Gasteiger partial charge in [0, 0.05) is 0 Å². The van der Waals surface area contributed by atoms with Crippen LogP contribution < -0.4 is 0 Å². The van der Waals surface area contributed by atoms with E-state index in [-0.39, 0.29) is 6.10 Å². The third kappa shape index (κ3) is 2.22. The largest absolute Gasteiger partial charge is 0.393 e.